The fraction of sp³-hybridized carbons (Fsp3) is 0.562. The van der Waals surface area contributed by atoms with Gasteiger partial charge in [-0.15, -0.1) is 0 Å². The topological polar surface area (TPSA) is 43.0 Å². The van der Waals surface area contributed by atoms with Crippen LogP contribution in [0.15, 0.2) is 21.2 Å². The Hall–Kier alpha value is -1.07. The lowest BCUT2D eigenvalue weighted by Gasteiger charge is -2.19. The third-order valence-electron chi connectivity index (χ3n) is 3.78. The lowest BCUT2D eigenvalue weighted by atomic mass is 10.0. The van der Waals surface area contributed by atoms with Gasteiger partial charge in [-0.3, -0.25) is 4.68 Å². The number of halogens is 1. The standard InChI is InChI=1S/C16H24BrN3O/c1-5-15-12(8-9-21-15)13(18-6-2)10-14-16(17)11(4)19-20(14)7-3/h8-9,13,18H,5-7,10H2,1-4H3. The van der Waals surface area contributed by atoms with E-state index < -0.39 is 0 Å². The van der Waals surface area contributed by atoms with Crippen LogP contribution in [0, 0.1) is 6.92 Å². The quantitative estimate of drug-likeness (QED) is 0.817. The van der Waals surface area contributed by atoms with Gasteiger partial charge in [-0.05, 0) is 42.4 Å². The number of hydrogen-bond donors (Lipinski definition) is 1. The first kappa shape index (κ1) is 16.3. The molecule has 21 heavy (non-hydrogen) atoms. The second-order valence-corrected chi connectivity index (χ2v) is 5.92. The summed E-state index contributed by atoms with van der Waals surface area (Å²) in [6.45, 7) is 10.2. The Morgan fingerprint density at radius 1 is 1.38 bits per heavy atom. The highest BCUT2D eigenvalue weighted by molar-refractivity contribution is 9.10. The van der Waals surface area contributed by atoms with Gasteiger partial charge in [0.2, 0.25) is 0 Å². The Bertz CT molecular complexity index is 588. The predicted octanol–water partition coefficient (Wildman–Crippen LogP) is 4.02. The second-order valence-electron chi connectivity index (χ2n) is 5.13. The summed E-state index contributed by atoms with van der Waals surface area (Å²) in [7, 11) is 0. The highest BCUT2D eigenvalue weighted by Gasteiger charge is 2.21. The van der Waals surface area contributed by atoms with Crippen LogP contribution in [0.2, 0.25) is 0 Å². The number of furan rings is 1. The van der Waals surface area contributed by atoms with Crippen LogP contribution in [0.4, 0.5) is 0 Å². The summed E-state index contributed by atoms with van der Waals surface area (Å²) < 4.78 is 8.79. The van der Waals surface area contributed by atoms with Crippen LogP contribution in [0.5, 0.6) is 0 Å². The van der Waals surface area contributed by atoms with Crippen LogP contribution in [-0.2, 0) is 19.4 Å². The van der Waals surface area contributed by atoms with E-state index in [9.17, 15) is 0 Å². The van der Waals surface area contributed by atoms with Gasteiger partial charge in [0.25, 0.3) is 0 Å². The number of rotatable bonds is 7. The lowest BCUT2D eigenvalue weighted by molar-refractivity contribution is 0.478. The van der Waals surface area contributed by atoms with Crippen LogP contribution in [0.3, 0.4) is 0 Å². The van der Waals surface area contributed by atoms with Gasteiger partial charge in [0.1, 0.15) is 5.76 Å². The van der Waals surface area contributed by atoms with Crippen molar-refractivity contribution >= 4 is 15.9 Å². The highest BCUT2D eigenvalue weighted by Crippen LogP contribution is 2.28. The summed E-state index contributed by atoms with van der Waals surface area (Å²) in [6, 6.07) is 2.33. The summed E-state index contributed by atoms with van der Waals surface area (Å²) in [5, 5.41) is 8.16. The minimum absolute atomic E-state index is 0.251. The maximum absolute atomic E-state index is 5.60. The third kappa shape index (κ3) is 3.40. The van der Waals surface area contributed by atoms with Crippen LogP contribution >= 0.6 is 15.9 Å². The van der Waals surface area contributed by atoms with Crippen molar-refractivity contribution in [1.82, 2.24) is 15.1 Å². The summed E-state index contributed by atoms with van der Waals surface area (Å²) in [6.07, 6.45) is 3.60. The molecule has 0 aliphatic carbocycles. The Labute approximate surface area is 135 Å². The molecule has 1 N–H and O–H groups in total. The Morgan fingerprint density at radius 3 is 2.76 bits per heavy atom. The average Bonchev–Trinajstić information content (AvgIpc) is 3.06. The van der Waals surface area contributed by atoms with Crippen molar-refractivity contribution in [2.45, 2.75) is 53.1 Å². The van der Waals surface area contributed by atoms with Crippen LogP contribution < -0.4 is 5.32 Å². The molecule has 2 aromatic heterocycles. The van der Waals surface area contributed by atoms with Crippen molar-refractivity contribution in [3.05, 3.63) is 39.5 Å². The molecule has 0 saturated heterocycles. The lowest BCUT2D eigenvalue weighted by Crippen LogP contribution is -2.24. The fourth-order valence-corrected chi connectivity index (χ4v) is 3.19. The van der Waals surface area contributed by atoms with E-state index in [1.54, 1.807) is 6.26 Å². The Morgan fingerprint density at radius 2 is 2.14 bits per heavy atom. The highest BCUT2D eigenvalue weighted by atomic mass is 79.9. The van der Waals surface area contributed by atoms with Crippen molar-refractivity contribution in [3.63, 3.8) is 0 Å². The van der Waals surface area contributed by atoms with Crippen molar-refractivity contribution in [2.75, 3.05) is 6.54 Å². The molecule has 0 amide bonds. The van der Waals surface area contributed by atoms with E-state index in [1.165, 1.54) is 11.3 Å². The fourth-order valence-electron chi connectivity index (χ4n) is 2.74. The molecule has 0 radical (unpaired) electrons. The molecule has 2 rings (SSSR count). The SMILES string of the molecule is CCNC(Cc1c(Br)c(C)nn1CC)c1ccoc1CC. The molecule has 5 heteroatoms. The first-order valence-electron chi connectivity index (χ1n) is 7.63. The van der Waals surface area contributed by atoms with Crippen LogP contribution in [-0.4, -0.2) is 16.3 Å². The molecule has 116 valence electrons. The monoisotopic (exact) mass is 353 g/mol. The molecule has 2 aromatic rings. The molecule has 0 aliphatic rings. The molecule has 1 unspecified atom stereocenters. The number of aryl methyl sites for hydroxylation is 3. The van der Waals surface area contributed by atoms with Crippen molar-refractivity contribution < 1.29 is 4.42 Å². The molecule has 0 aliphatic heterocycles. The van der Waals surface area contributed by atoms with Gasteiger partial charge in [-0.1, -0.05) is 13.8 Å². The van der Waals surface area contributed by atoms with E-state index >= 15 is 0 Å². The van der Waals surface area contributed by atoms with Gasteiger partial charge in [0, 0.05) is 31.0 Å². The van der Waals surface area contributed by atoms with E-state index in [4.69, 9.17) is 4.42 Å². The molecular formula is C16H24BrN3O. The third-order valence-corrected chi connectivity index (χ3v) is 4.81. The zero-order valence-corrected chi connectivity index (χ0v) is 14.8. The van der Waals surface area contributed by atoms with Gasteiger partial charge in [-0.2, -0.15) is 5.10 Å². The van der Waals surface area contributed by atoms with Crippen LogP contribution in [0.25, 0.3) is 0 Å². The van der Waals surface area contributed by atoms with E-state index in [2.05, 4.69) is 57.9 Å². The maximum atomic E-state index is 5.60. The Balaban J connectivity index is 2.33. The maximum Gasteiger partial charge on any atom is 0.108 e. The van der Waals surface area contributed by atoms with Gasteiger partial charge in [-0.25, -0.2) is 0 Å². The molecule has 4 nitrogen and oxygen atoms in total. The summed E-state index contributed by atoms with van der Waals surface area (Å²) in [5.41, 5.74) is 3.54. The number of hydrogen-bond acceptors (Lipinski definition) is 3. The molecule has 0 fully saturated rings. The number of nitrogens with one attached hydrogen (secondary N) is 1. The molecule has 0 bridgehead atoms. The number of nitrogens with zero attached hydrogens (tertiary/aromatic N) is 2. The van der Waals surface area contributed by atoms with Crippen molar-refractivity contribution in [2.24, 2.45) is 0 Å². The summed E-state index contributed by atoms with van der Waals surface area (Å²) in [5.74, 6) is 1.07. The molecule has 1 atom stereocenters. The first-order chi connectivity index (χ1) is 10.1. The molecule has 0 spiro atoms. The van der Waals surface area contributed by atoms with Crippen LogP contribution in [0.1, 0.15) is 49.5 Å². The zero-order chi connectivity index (χ0) is 15.4. The van der Waals surface area contributed by atoms with E-state index in [1.807, 2.05) is 6.92 Å². The Kier molecular flexibility index (Phi) is 5.65. The minimum atomic E-state index is 0.251. The molecular weight excluding hydrogens is 330 g/mol. The smallest absolute Gasteiger partial charge is 0.108 e. The number of likely N-dealkylation sites (N-methyl/N-ethyl adjacent to an activating group) is 1. The largest absolute Gasteiger partial charge is 0.469 e. The summed E-state index contributed by atoms with van der Waals surface area (Å²) >= 11 is 3.69. The van der Waals surface area contributed by atoms with Gasteiger partial charge >= 0.3 is 0 Å². The van der Waals surface area contributed by atoms with Crippen molar-refractivity contribution in [1.29, 1.82) is 0 Å². The second kappa shape index (κ2) is 7.27. The molecule has 0 aromatic carbocycles. The normalized spacial score (nSPS) is 12.8. The first-order valence-corrected chi connectivity index (χ1v) is 8.42. The summed E-state index contributed by atoms with van der Waals surface area (Å²) in [4.78, 5) is 0. The minimum Gasteiger partial charge on any atom is -0.469 e. The molecule has 2 heterocycles. The van der Waals surface area contributed by atoms with Gasteiger partial charge in [0.15, 0.2) is 0 Å². The van der Waals surface area contributed by atoms with Gasteiger partial charge in [0.05, 0.1) is 22.1 Å². The van der Waals surface area contributed by atoms with Crippen molar-refractivity contribution in [3.8, 4) is 0 Å². The average molecular weight is 354 g/mol. The zero-order valence-electron chi connectivity index (χ0n) is 13.2. The van der Waals surface area contributed by atoms with E-state index in [0.717, 1.165) is 41.9 Å². The number of aromatic nitrogens is 2. The van der Waals surface area contributed by atoms with E-state index in [-0.39, 0.29) is 6.04 Å². The molecule has 0 saturated carbocycles. The van der Waals surface area contributed by atoms with Gasteiger partial charge < -0.3 is 9.73 Å². The van der Waals surface area contributed by atoms with E-state index in [0.29, 0.717) is 0 Å². The predicted molar refractivity (Wildman–Crippen MR) is 88.5 cm³/mol.